The summed E-state index contributed by atoms with van der Waals surface area (Å²) in [6, 6.07) is 8.86. The zero-order chi connectivity index (χ0) is 13.1. The van der Waals surface area contributed by atoms with Crippen LogP contribution in [0.4, 0.5) is 5.69 Å². The fourth-order valence-electron chi connectivity index (χ4n) is 1.66. The second kappa shape index (κ2) is 4.91. The van der Waals surface area contributed by atoms with E-state index in [1.165, 1.54) is 0 Å². The van der Waals surface area contributed by atoms with Gasteiger partial charge in [-0.2, -0.15) is 0 Å². The monoisotopic (exact) mass is 245 g/mol. The molecule has 1 amide bonds. The van der Waals surface area contributed by atoms with Crippen molar-refractivity contribution in [1.82, 2.24) is 10.5 Å². The zero-order valence-corrected chi connectivity index (χ0v) is 10.3. The van der Waals surface area contributed by atoms with Crippen LogP contribution in [0.5, 0.6) is 0 Å². The van der Waals surface area contributed by atoms with Crippen molar-refractivity contribution in [3.8, 4) is 0 Å². The van der Waals surface area contributed by atoms with Crippen molar-refractivity contribution in [3.05, 3.63) is 47.3 Å². The molecule has 5 heteroatoms. The van der Waals surface area contributed by atoms with E-state index in [4.69, 9.17) is 10.3 Å². The Morgan fingerprint density at radius 2 is 2.22 bits per heavy atom. The topological polar surface area (TPSA) is 81.2 Å². The molecule has 1 atom stereocenters. The van der Waals surface area contributed by atoms with E-state index in [-0.39, 0.29) is 17.6 Å². The number of nitrogens with two attached hydrogens (primary N) is 1. The second-order valence-electron chi connectivity index (χ2n) is 4.19. The van der Waals surface area contributed by atoms with Crippen LogP contribution in [0.2, 0.25) is 0 Å². The van der Waals surface area contributed by atoms with E-state index in [1.54, 1.807) is 19.1 Å². The Balaban J connectivity index is 2.07. The van der Waals surface area contributed by atoms with Gasteiger partial charge in [0, 0.05) is 11.8 Å². The maximum absolute atomic E-state index is 11.9. The number of anilines is 1. The van der Waals surface area contributed by atoms with Crippen molar-refractivity contribution in [2.75, 3.05) is 5.73 Å². The molecular formula is C13H15N3O2. The van der Waals surface area contributed by atoms with Crippen LogP contribution in [0.25, 0.3) is 0 Å². The number of amides is 1. The van der Waals surface area contributed by atoms with Gasteiger partial charge in [0.05, 0.1) is 6.04 Å². The minimum atomic E-state index is -0.262. The first-order valence-corrected chi connectivity index (χ1v) is 5.66. The van der Waals surface area contributed by atoms with Crippen molar-refractivity contribution >= 4 is 11.6 Å². The van der Waals surface area contributed by atoms with Crippen molar-refractivity contribution in [2.45, 2.75) is 19.9 Å². The minimum Gasteiger partial charge on any atom is -0.399 e. The van der Waals surface area contributed by atoms with Crippen LogP contribution in [0, 0.1) is 6.92 Å². The summed E-state index contributed by atoms with van der Waals surface area (Å²) < 4.78 is 4.86. The quantitative estimate of drug-likeness (QED) is 0.811. The Bertz CT molecular complexity index is 563. The molecule has 3 N–H and O–H groups in total. The number of nitrogen functional groups attached to an aromatic ring is 1. The molecule has 0 saturated carbocycles. The molecule has 0 saturated heterocycles. The van der Waals surface area contributed by atoms with Gasteiger partial charge < -0.3 is 15.6 Å². The summed E-state index contributed by atoms with van der Waals surface area (Å²) in [5.74, 6) is 0.346. The third-order valence-corrected chi connectivity index (χ3v) is 2.62. The van der Waals surface area contributed by atoms with Gasteiger partial charge in [-0.1, -0.05) is 17.3 Å². The first kappa shape index (κ1) is 12.2. The second-order valence-corrected chi connectivity index (χ2v) is 4.19. The summed E-state index contributed by atoms with van der Waals surface area (Å²) >= 11 is 0. The average Bonchev–Trinajstić information content (AvgIpc) is 2.76. The minimum absolute atomic E-state index is 0.141. The molecule has 1 unspecified atom stereocenters. The maximum atomic E-state index is 11.9. The first-order chi connectivity index (χ1) is 8.56. The number of aryl methyl sites for hydroxylation is 1. The van der Waals surface area contributed by atoms with Crippen molar-refractivity contribution in [1.29, 1.82) is 0 Å². The number of nitrogens with one attached hydrogen (secondary N) is 1. The largest absolute Gasteiger partial charge is 0.399 e. The molecule has 1 aromatic heterocycles. The van der Waals surface area contributed by atoms with Gasteiger partial charge in [0.25, 0.3) is 5.91 Å². The highest BCUT2D eigenvalue weighted by Crippen LogP contribution is 2.15. The van der Waals surface area contributed by atoms with E-state index in [1.807, 2.05) is 25.1 Å². The molecule has 0 radical (unpaired) electrons. The van der Waals surface area contributed by atoms with Crippen LogP contribution in [-0.2, 0) is 0 Å². The van der Waals surface area contributed by atoms with Gasteiger partial charge in [0.2, 0.25) is 0 Å². The lowest BCUT2D eigenvalue weighted by Gasteiger charge is -2.13. The molecule has 18 heavy (non-hydrogen) atoms. The number of benzene rings is 1. The van der Waals surface area contributed by atoms with E-state index in [2.05, 4.69) is 10.5 Å². The van der Waals surface area contributed by atoms with E-state index < -0.39 is 0 Å². The summed E-state index contributed by atoms with van der Waals surface area (Å²) in [4.78, 5) is 11.9. The Morgan fingerprint density at radius 1 is 1.44 bits per heavy atom. The van der Waals surface area contributed by atoms with Gasteiger partial charge in [0.15, 0.2) is 5.69 Å². The molecule has 0 aliphatic heterocycles. The van der Waals surface area contributed by atoms with Crippen LogP contribution < -0.4 is 11.1 Å². The van der Waals surface area contributed by atoms with Gasteiger partial charge in [0.1, 0.15) is 5.76 Å². The standard InChI is InChI=1S/C13H15N3O2/c1-8-6-12(16-18-8)13(17)15-9(2)10-4-3-5-11(14)7-10/h3-7,9H,14H2,1-2H3,(H,15,17). The van der Waals surface area contributed by atoms with Crippen LogP contribution in [0.1, 0.15) is 34.8 Å². The summed E-state index contributed by atoms with van der Waals surface area (Å²) in [6.07, 6.45) is 0. The zero-order valence-electron chi connectivity index (χ0n) is 10.3. The summed E-state index contributed by atoms with van der Waals surface area (Å²) in [7, 11) is 0. The SMILES string of the molecule is Cc1cc(C(=O)NC(C)c2cccc(N)c2)no1. The molecule has 5 nitrogen and oxygen atoms in total. The molecule has 0 fully saturated rings. The third-order valence-electron chi connectivity index (χ3n) is 2.62. The molecular weight excluding hydrogens is 230 g/mol. The molecule has 1 heterocycles. The van der Waals surface area contributed by atoms with E-state index in [0.29, 0.717) is 11.4 Å². The van der Waals surface area contributed by atoms with Gasteiger partial charge in [-0.3, -0.25) is 4.79 Å². The smallest absolute Gasteiger partial charge is 0.273 e. The first-order valence-electron chi connectivity index (χ1n) is 5.66. The predicted molar refractivity (Wildman–Crippen MR) is 68.0 cm³/mol. The van der Waals surface area contributed by atoms with E-state index in [0.717, 1.165) is 5.56 Å². The van der Waals surface area contributed by atoms with Crippen molar-refractivity contribution in [2.24, 2.45) is 0 Å². The highest BCUT2D eigenvalue weighted by atomic mass is 16.5. The van der Waals surface area contributed by atoms with E-state index >= 15 is 0 Å². The van der Waals surface area contributed by atoms with Gasteiger partial charge in [-0.15, -0.1) is 0 Å². The van der Waals surface area contributed by atoms with Gasteiger partial charge >= 0.3 is 0 Å². The Kier molecular flexibility index (Phi) is 3.32. The number of hydrogen-bond donors (Lipinski definition) is 2. The maximum Gasteiger partial charge on any atom is 0.273 e. The third kappa shape index (κ3) is 2.68. The summed E-state index contributed by atoms with van der Waals surface area (Å²) in [5.41, 5.74) is 7.60. The van der Waals surface area contributed by atoms with Crippen LogP contribution in [0.15, 0.2) is 34.9 Å². The number of aromatic nitrogens is 1. The Morgan fingerprint density at radius 3 is 2.83 bits per heavy atom. The number of rotatable bonds is 3. The lowest BCUT2D eigenvalue weighted by molar-refractivity contribution is 0.0930. The van der Waals surface area contributed by atoms with Gasteiger partial charge in [-0.05, 0) is 31.5 Å². The normalized spacial score (nSPS) is 12.1. The fourth-order valence-corrected chi connectivity index (χ4v) is 1.66. The fraction of sp³-hybridized carbons (Fsp3) is 0.231. The average molecular weight is 245 g/mol. The molecule has 0 aliphatic rings. The lowest BCUT2D eigenvalue weighted by Crippen LogP contribution is -2.26. The molecule has 94 valence electrons. The van der Waals surface area contributed by atoms with Crippen molar-refractivity contribution in [3.63, 3.8) is 0 Å². The van der Waals surface area contributed by atoms with Crippen molar-refractivity contribution < 1.29 is 9.32 Å². The highest BCUT2D eigenvalue weighted by molar-refractivity contribution is 5.92. The number of carbonyl (C=O) groups is 1. The highest BCUT2D eigenvalue weighted by Gasteiger charge is 2.14. The molecule has 1 aromatic carbocycles. The summed E-state index contributed by atoms with van der Waals surface area (Å²) in [6.45, 7) is 3.63. The molecule has 2 aromatic rings. The number of hydrogen-bond acceptors (Lipinski definition) is 4. The number of carbonyl (C=O) groups excluding carboxylic acids is 1. The molecule has 0 spiro atoms. The Hall–Kier alpha value is -2.30. The summed E-state index contributed by atoms with van der Waals surface area (Å²) in [5, 5.41) is 6.50. The molecule has 0 aliphatic carbocycles. The van der Waals surface area contributed by atoms with E-state index in [9.17, 15) is 4.79 Å². The molecule has 0 bridgehead atoms. The van der Waals surface area contributed by atoms with Gasteiger partial charge in [-0.25, -0.2) is 0 Å². The van der Waals surface area contributed by atoms with Crippen LogP contribution in [0.3, 0.4) is 0 Å². The molecule has 2 rings (SSSR count). The van der Waals surface area contributed by atoms with Crippen LogP contribution in [-0.4, -0.2) is 11.1 Å². The Labute approximate surface area is 105 Å². The van der Waals surface area contributed by atoms with Crippen LogP contribution >= 0.6 is 0 Å². The predicted octanol–water partition coefficient (Wildman–Crippen LogP) is 2.06. The number of nitrogens with zero attached hydrogens (tertiary/aromatic N) is 1. The lowest BCUT2D eigenvalue weighted by atomic mass is 10.1.